The lowest BCUT2D eigenvalue weighted by atomic mass is 9.87. The number of sulfonamides is 1. The Labute approximate surface area is 173 Å². The molecular weight excluding hydrogens is 388 g/mol. The van der Waals surface area contributed by atoms with Crippen LogP contribution in [0.1, 0.15) is 45.7 Å². The van der Waals surface area contributed by atoms with E-state index in [1.807, 2.05) is 24.3 Å². The topological polar surface area (TPSA) is 84.5 Å². The molecule has 1 atom stereocenters. The van der Waals surface area contributed by atoms with Gasteiger partial charge in [-0.1, -0.05) is 32.9 Å². The van der Waals surface area contributed by atoms with E-state index in [4.69, 9.17) is 4.74 Å². The molecule has 0 spiro atoms. The fourth-order valence-corrected chi connectivity index (χ4v) is 3.34. The largest absolute Gasteiger partial charge is 0.481 e. The summed E-state index contributed by atoms with van der Waals surface area (Å²) in [5, 5.41) is 2.80. The minimum atomic E-state index is -3.35. The van der Waals surface area contributed by atoms with Crippen LogP contribution < -0.4 is 14.8 Å². The van der Waals surface area contributed by atoms with E-state index >= 15 is 0 Å². The van der Waals surface area contributed by atoms with Crippen LogP contribution in [-0.2, 0) is 20.2 Å². The fraction of sp³-hybridized carbons (Fsp3) is 0.409. The number of carbonyl (C=O) groups excluding carboxylic acids is 1. The van der Waals surface area contributed by atoms with E-state index in [9.17, 15) is 13.2 Å². The van der Waals surface area contributed by atoms with Crippen LogP contribution in [0.3, 0.4) is 0 Å². The molecule has 0 aliphatic heterocycles. The molecule has 158 valence electrons. The molecule has 2 aromatic rings. The predicted molar refractivity (Wildman–Crippen MR) is 118 cm³/mol. The zero-order valence-electron chi connectivity index (χ0n) is 17.9. The summed E-state index contributed by atoms with van der Waals surface area (Å²) in [5.41, 5.74) is 3.03. The van der Waals surface area contributed by atoms with Gasteiger partial charge in [-0.15, -0.1) is 0 Å². The van der Waals surface area contributed by atoms with Crippen molar-refractivity contribution in [3.63, 3.8) is 0 Å². The molecule has 7 heteroatoms. The summed E-state index contributed by atoms with van der Waals surface area (Å²) in [6.45, 7) is 11.5. The van der Waals surface area contributed by atoms with Crippen molar-refractivity contribution in [2.45, 2.75) is 53.1 Å². The lowest BCUT2D eigenvalue weighted by Gasteiger charge is -2.20. The first-order valence-corrected chi connectivity index (χ1v) is 11.3. The van der Waals surface area contributed by atoms with Crippen molar-refractivity contribution in [1.29, 1.82) is 0 Å². The van der Waals surface area contributed by atoms with Gasteiger partial charge in [-0.3, -0.25) is 9.52 Å². The average molecular weight is 419 g/mol. The van der Waals surface area contributed by atoms with Crippen molar-refractivity contribution in [2.75, 3.05) is 15.8 Å². The van der Waals surface area contributed by atoms with Gasteiger partial charge in [0.1, 0.15) is 5.75 Å². The summed E-state index contributed by atoms with van der Waals surface area (Å²) in [7, 11) is -3.35. The second-order valence-corrected chi connectivity index (χ2v) is 10.1. The Morgan fingerprint density at radius 2 is 1.72 bits per heavy atom. The molecule has 0 fully saturated rings. The van der Waals surface area contributed by atoms with Gasteiger partial charge < -0.3 is 10.1 Å². The van der Waals surface area contributed by atoms with Gasteiger partial charge in [-0.05, 0) is 67.6 Å². The molecular formula is C22H30N2O4S. The molecule has 0 aliphatic rings. The van der Waals surface area contributed by atoms with E-state index in [0.717, 1.165) is 0 Å². The molecule has 1 unspecified atom stereocenters. The number of carbonyl (C=O) groups is 1. The van der Waals surface area contributed by atoms with Gasteiger partial charge in [-0.25, -0.2) is 8.42 Å². The second kappa shape index (κ2) is 8.86. The molecule has 0 radical (unpaired) electrons. The zero-order chi connectivity index (χ0) is 21.8. The van der Waals surface area contributed by atoms with Crippen molar-refractivity contribution in [1.82, 2.24) is 0 Å². The van der Waals surface area contributed by atoms with Gasteiger partial charge >= 0.3 is 0 Å². The first-order chi connectivity index (χ1) is 13.4. The van der Waals surface area contributed by atoms with Crippen LogP contribution in [0.2, 0.25) is 0 Å². The maximum atomic E-state index is 12.5. The lowest BCUT2D eigenvalue weighted by molar-refractivity contribution is -0.122. The number of nitrogens with one attached hydrogen (secondary N) is 2. The molecule has 0 heterocycles. The molecule has 0 aromatic heterocycles. The summed E-state index contributed by atoms with van der Waals surface area (Å²) >= 11 is 0. The van der Waals surface area contributed by atoms with Gasteiger partial charge in [0, 0.05) is 5.69 Å². The number of rotatable bonds is 7. The van der Waals surface area contributed by atoms with E-state index in [1.165, 1.54) is 5.56 Å². The van der Waals surface area contributed by atoms with Crippen LogP contribution in [0.15, 0.2) is 42.5 Å². The molecule has 2 aromatic carbocycles. The smallest absolute Gasteiger partial charge is 0.265 e. The predicted octanol–water partition coefficient (Wildman–Crippen LogP) is 4.46. The molecule has 29 heavy (non-hydrogen) atoms. The van der Waals surface area contributed by atoms with E-state index in [2.05, 4.69) is 30.8 Å². The Hall–Kier alpha value is -2.54. The highest BCUT2D eigenvalue weighted by molar-refractivity contribution is 7.92. The van der Waals surface area contributed by atoms with Crippen molar-refractivity contribution in [2.24, 2.45) is 0 Å². The minimum absolute atomic E-state index is 0.00346. The third-order valence-electron chi connectivity index (χ3n) is 4.54. The van der Waals surface area contributed by atoms with E-state index in [1.54, 1.807) is 39.0 Å². The van der Waals surface area contributed by atoms with Gasteiger partial charge in [0.15, 0.2) is 6.10 Å². The molecule has 2 N–H and O–H groups in total. The zero-order valence-corrected chi connectivity index (χ0v) is 18.7. The highest BCUT2D eigenvalue weighted by Crippen LogP contribution is 2.25. The van der Waals surface area contributed by atoms with Crippen LogP contribution in [0.4, 0.5) is 11.4 Å². The molecule has 6 nitrogen and oxygen atoms in total. The number of benzene rings is 2. The second-order valence-electron chi connectivity index (χ2n) is 8.06. The van der Waals surface area contributed by atoms with Gasteiger partial charge in [0.25, 0.3) is 5.91 Å². The summed E-state index contributed by atoms with van der Waals surface area (Å²) in [5.74, 6) is 0.337. The Kier molecular flexibility index (Phi) is 6.95. The average Bonchev–Trinajstić information content (AvgIpc) is 2.63. The normalized spacial score (nSPS) is 12.9. The first-order valence-electron chi connectivity index (χ1n) is 9.60. The summed E-state index contributed by atoms with van der Waals surface area (Å²) in [6.07, 6.45) is -0.686. The van der Waals surface area contributed by atoms with Gasteiger partial charge in [-0.2, -0.15) is 0 Å². The maximum absolute atomic E-state index is 12.5. The van der Waals surface area contributed by atoms with Crippen LogP contribution in [-0.4, -0.2) is 26.2 Å². The van der Waals surface area contributed by atoms with E-state index < -0.39 is 16.1 Å². The number of anilines is 2. The van der Waals surface area contributed by atoms with Crippen molar-refractivity contribution < 1.29 is 17.9 Å². The fourth-order valence-electron chi connectivity index (χ4n) is 2.63. The summed E-state index contributed by atoms with van der Waals surface area (Å²) in [4.78, 5) is 12.5. The third-order valence-corrected chi connectivity index (χ3v) is 5.83. The van der Waals surface area contributed by atoms with Crippen LogP contribution in [0.5, 0.6) is 5.75 Å². The van der Waals surface area contributed by atoms with Crippen molar-refractivity contribution in [3.8, 4) is 5.75 Å². The third kappa shape index (κ3) is 6.49. The standard InChI is InChI=1S/C22H30N2O4S/c1-7-29(26,27)24-20-13-10-18(14-15(20)2)23-21(25)16(3)28-19-11-8-17(9-12-19)22(4,5)6/h8-14,16,24H,7H2,1-6H3,(H,23,25). The van der Waals surface area contributed by atoms with E-state index in [0.29, 0.717) is 22.7 Å². The minimum Gasteiger partial charge on any atom is -0.481 e. The Bertz CT molecular complexity index is 961. The Morgan fingerprint density at radius 1 is 1.10 bits per heavy atom. The Balaban J connectivity index is 2.01. The molecule has 0 bridgehead atoms. The maximum Gasteiger partial charge on any atom is 0.265 e. The first kappa shape index (κ1) is 22.7. The highest BCUT2D eigenvalue weighted by Gasteiger charge is 2.17. The van der Waals surface area contributed by atoms with Crippen molar-refractivity contribution >= 4 is 27.3 Å². The molecule has 0 saturated carbocycles. The monoisotopic (exact) mass is 418 g/mol. The van der Waals surface area contributed by atoms with Crippen LogP contribution >= 0.6 is 0 Å². The number of aryl methyl sites for hydroxylation is 1. The number of amides is 1. The van der Waals surface area contributed by atoms with Crippen molar-refractivity contribution in [3.05, 3.63) is 53.6 Å². The molecule has 0 aliphatic carbocycles. The molecule has 0 saturated heterocycles. The number of hydrogen-bond donors (Lipinski definition) is 2. The lowest BCUT2D eigenvalue weighted by Crippen LogP contribution is -2.30. The number of ether oxygens (including phenoxy) is 1. The number of hydrogen-bond acceptors (Lipinski definition) is 4. The van der Waals surface area contributed by atoms with E-state index in [-0.39, 0.29) is 17.1 Å². The summed E-state index contributed by atoms with van der Waals surface area (Å²) in [6, 6.07) is 12.7. The van der Waals surface area contributed by atoms with Crippen LogP contribution in [0.25, 0.3) is 0 Å². The van der Waals surface area contributed by atoms with Crippen LogP contribution in [0, 0.1) is 6.92 Å². The Morgan fingerprint density at radius 3 is 2.24 bits per heavy atom. The molecule has 1 amide bonds. The molecule has 2 rings (SSSR count). The van der Waals surface area contributed by atoms with Gasteiger partial charge in [0.2, 0.25) is 10.0 Å². The van der Waals surface area contributed by atoms with Gasteiger partial charge in [0.05, 0.1) is 11.4 Å². The quantitative estimate of drug-likeness (QED) is 0.695. The summed E-state index contributed by atoms with van der Waals surface area (Å²) < 4.78 is 31.7. The SMILES string of the molecule is CCS(=O)(=O)Nc1ccc(NC(=O)C(C)Oc2ccc(C(C)(C)C)cc2)cc1C. The highest BCUT2D eigenvalue weighted by atomic mass is 32.2.